The second-order valence-electron chi connectivity index (χ2n) is 5.09. The predicted octanol–water partition coefficient (Wildman–Crippen LogP) is 2.97. The Morgan fingerprint density at radius 2 is 2.21 bits per heavy atom. The Labute approximate surface area is 114 Å². The second-order valence-corrected chi connectivity index (χ2v) is 5.09. The van der Waals surface area contributed by atoms with Crippen LogP contribution in [0.25, 0.3) is 0 Å². The fourth-order valence-corrected chi connectivity index (χ4v) is 2.04. The maximum absolute atomic E-state index is 13.8. The van der Waals surface area contributed by atoms with Crippen molar-refractivity contribution in [2.24, 2.45) is 0 Å². The molecule has 0 spiro atoms. The minimum Gasteiger partial charge on any atom is -0.485 e. The van der Waals surface area contributed by atoms with E-state index in [4.69, 9.17) is 9.47 Å². The highest BCUT2D eigenvalue weighted by molar-refractivity contribution is 5.40. The second kappa shape index (κ2) is 6.35. The summed E-state index contributed by atoms with van der Waals surface area (Å²) >= 11 is 0. The summed E-state index contributed by atoms with van der Waals surface area (Å²) in [6.07, 6.45) is 1.15. The number of aryl methyl sites for hydroxylation is 1. The van der Waals surface area contributed by atoms with Gasteiger partial charge in [0, 0.05) is 11.6 Å². The van der Waals surface area contributed by atoms with E-state index in [1.807, 2.05) is 6.92 Å². The smallest absolute Gasteiger partial charge is 0.145 e. The summed E-state index contributed by atoms with van der Waals surface area (Å²) < 4.78 is 24.8. The first-order chi connectivity index (χ1) is 9.11. The molecular formula is C15H22FNO2. The topological polar surface area (TPSA) is 30.5 Å². The molecule has 0 amide bonds. The monoisotopic (exact) mass is 267 g/mol. The number of hydrogen-bond acceptors (Lipinski definition) is 3. The van der Waals surface area contributed by atoms with Crippen LogP contribution in [0.1, 0.15) is 37.4 Å². The van der Waals surface area contributed by atoms with E-state index in [1.54, 1.807) is 19.1 Å². The SMILES string of the molecule is CCCNC(C)c1cc(F)c(C)cc1OC1COC1. The van der Waals surface area contributed by atoms with Gasteiger partial charge in [-0.2, -0.15) is 0 Å². The Bertz CT molecular complexity index is 432. The van der Waals surface area contributed by atoms with Crippen molar-refractivity contribution in [3.05, 3.63) is 29.1 Å². The summed E-state index contributed by atoms with van der Waals surface area (Å²) in [5.41, 5.74) is 1.49. The van der Waals surface area contributed by atoms with E-state index in [-0.39, 0.29) is 18.0 Å². The van der Waals surface area contributed by atoms with Crippen LogP contribution in [-0.2, 0) is 4.74 Å². The Morgan fingerprint density at radius 3 is 2.79 bits per heavy atom. The van der Waals surface area contributed by atoms with E-state index >= 15 is 0 Å². The van der Waals surface area contributed by atoms with Crippen LogP contribution < -0.4 is 10.1 Å². The third-order valence-corrected chi connectivity index (χ3v) is 3.36. The van der Waals surface area contributed by atoms with Crippen LogP contribution in [0.2, 0.25) is 0 Å². The zero-order valence-electron chi connectivity index (χ0n) is 11.8. The molecule has 1 saturated heterocycles. The molecule has 1 unspecified atom stereocenters. The molecule has 0 radical (unpaired) electrons. The zero-order valence-corrected chi connectivity index (χ0v) is 11.8. The molecule has 2 rings (SSSR count). The van der Waals surface area contributed by atoms with Gasteiger partial charge in [-0.1, -0.05) is 6.92 Å². The normalized spacial score (nSPS) is 17.1. The van der Waals surface area contributed by atoms with Gasteiger partial charge < -0.3 is 14.8 Å². The molecule has 1 aliphatic rings. The highest BCUT2D eigenvalue weighted by Crippen LogP contribution is 2.30. The van der Waals surface area contributed by atoms with E-state index in [1.165, 1.54) is 0 Å². The predicted molar refractivity (Wildman–Crippen MR) is 73.1 cm³/mol. The highest BCUT2D eigenvalue weighted by Gasteiger charge is 2.23. The van der Waals surface area contributed by atoms with Gasteiger partial charge >= 0.3 is 0 Å². The zero-order chi connectivity index (χ0) is 13.8. The van der Waals surface area contributed by atoms with E-state index < -0.39 is 0 Å². The van der Waals surface area contributed by atoms with Crippen LogP contribution in [-0.4, -0.2) is 25.9 Å². The lowest BCUT2D eigenvalue weighted by Crippen LogP contribution is -2.39. The molecule has 1 fully saturated rings. The molecule has 106 valence electrons. The molecule has 1 aromatic carbocycles. The average Bonchev–Trinajstić information content (AvgIpc) is 2.34. The van der Waals surface area contributed by atoms with Gasteiger partial charge in [0.2, 0.25) is 0 Å². The summed E-state index contributed by atoms with van der Waals surface area (Å²) in [5, 5.41) is 3.37. The quantitative estimate of drug-likeness (QED) is 0.859. The van der Waals surface area contributed by atoms with Crippen LogP contribution in [0.5, 0.6) is 5.75 Å². The maximum Gasteiger partial charge on any atom is 0.145 e. The lowest BCUT2D eigenvalue weighted by atomic mass is 10.0. The summed E-state index contributed by atoms with van der Waals surface area (Å²) in [5.74, 6) is 0.584. The highest BCUT2D eigenvalue weighted by atomic mass is 19.1. The Morgan fingerprint density at radius 1 is 1.47 bits per heavy atom. The van der Waals surface area contributed by atoms with Crippen molar-refractivity contribution in [1.82, 2.24) is 5.32 Å². The minimum atomic E-state index is -0.183. The van der Waals surface area contributed by atoms with Gasteiger partial charge in [0.15, 0.2) is 0 Å². The van der Waals surface area contributed by atoms with Crippen molar-refractivity contribution in [3.8, 4) is 5.75 Å². The fraction of sp³-hybridized carbons (Fsp3) is 0.600. The molecule has 3 nitrogen and oxygen atoms in total. The molecule has 1 aromatic rings. The minimum absolute atomic E-state index is 0.0750. The molecule has 1 aliphatic heterocycles. The van der Waals surface area contributed by atoms with Gasteiger partial charge in [-0.05, 0) is 44.5 Å². The van der Waals surface area contributed by atoms with Crippen LogP contribution >= 0.6 is 0 Å². The van der Waals surface area contributed by atoms with Crippen molar-refractivity contribution in [2.45, 2.75) is 39.3 Å². The number of rotatable bonds is 6. The number of halogens is 1. The first-order valence-electron chi connectivity index (χ1n) is 6.89. The lowest BCUT2D eigenvalue weighted by molar-refractivity contribution is -0.0801. The van der Waals surface area contributed by atoms with Gasteiger partial charge in [-0.25, -0.2) is 4.39 Å². The van der Waals surface area contributed by atoms with E-state index in [0.29, 0.717) is 18.8 Å². The number of nitrogens with one attached hydrogen (secondary N) is 1. The van der Waals surface area contributed by atoms with Gasteiger partial charge in [-0.3, -0.25) is 0 Å². The molecule has 0 aliphatic carbocycles. The molecule has 1 heterocycles. The van der Waals surface area contributed by atoms with Crippen molar-refractivity contribution in [2.75, 3.05) is 19.8 Å². The van der Waals surface area contributed by atoms with Crippen LogP contribution in [0, 0.1) is 12.7 Å². The Kier molecular flexibility index (Phi) is 4.77. The van der Waals surface area contributed by atoms with Crippen LogP contribution in [0.15, 0.2) is 12.1 Å². The molecule has 4 heteroatoms. The molecule has 1 atom stereocenters. The molecule has 0 bridgehead atoms. The molecule has 1 N–H and O–H groups in total. The Hall–Kier alpha value is -1.13. The van der Waals surface area contributed by atoms with Gasteiger partial charge in [0.05, 0.1) is 13.2 Å². The standard InChI is InChI=1S/C15H22FNO2/c1-4-5-17-11(3)13-7-14(16)10(2)6-15(13)19-12-8-18-9-12/h6-7,11-12,17H,4-5,8-9H2,1-3H3. The number of benzene rings is 1. The molecule has 19 heavy (non-hydrogen) atoms. The largest absolute Gasteiger partial charge is 0.485 e. The summed E-state index contributed by atoms with van der Waals surface area (Å²) in [4.78, 5) is 0. The first kappa shape index (κ1) is 14.3. The van der Waals surface area contributed by atoms with E-state index in [0.717, 1.165) is 24.3 Å². The molecule has 0 aromatic heterocycles. The maximum atomic E-state index is 13.8. The number of hydrogen-bond donors (Lipinski definition) is 1. The summed E-state index contributed by atoms with van der Waals surface area (Å²) in [6.45, 7) is 8.04. The van der Waals surface area contributed by atoms with Crippen molar-refractivity contribution in [1.29, 1.82) is 0 Å². The third kappa shape index (κ3) is 3.45. The number of ether oxygens (including phenoxy) is 2. The first-order valence-corrected chi connectivity index (χ1v) is 6.89. The summed E-state index contributed by atoms with van der Waals surface area (Å²) in [6, 6.07) is 3.44. The lowest BCUT2D eigenvalue weighted by Gasteiger charge is -2.29. The molecular weight excluding hydrogens is 245 g/mol. The fourth-order valence-electron chi connectivity index (χ4n) is 2.04. The van der Waals surface area contributed by atoms with Crippen molar-refractivity contribution < 1.29 is 13.9 Å². The van der Waals surface area contributed by atoms with Crippen molar-refractivity contribution >= 4 is 0 Å². The summed E-state index contributed by atoms with van der Waals surface area (Å²) in [7, 11) is 0. The van der Waals surface area contributed by atoms with Crippen LogP contribution in [0.4, 0.5) is 4.39 Å². The van der Waals surface area contributed by atoms with Gasteiger partial charge in [0.1, 0.15) is 17.7 Å². The van der Waals surface area contributed by atoms with E-state index in [2.05, 4.69) is 12.2 Å². The van der Waals surface area contributed by atoms with Crippen molar-refractivity contribution in [3.63, 3.8) is 0 Å². The third-order valence-electron chi connectivity index (χ3n) is 3.36. The average molecular weight is 267 g/mol. The van der Waals surface area contributed by atoms with Gasteiger partial charge in [0.25, 0.3) is 0 Å². The Balaban J connectivity index is 2.19. The van der Waals surface area contributed by atoms with Gasteiger partial charge in [-0.15, -0.1) is 0 Å². The van der Waals surface area contributed by atoms with E-state index in [9.17, 15) is 4.39 Å². The van der Waals surface area contributed by atoms with Crippen LogP contribution in [0.3, 0.4) is 0 Å². The molecule has 0 saturated carbocycles.